The van der Waals surface area contributed by atoms with E-state index in [0.29, 0.717) is 15.5 Å². The Morgan fingerprint density at radius 1 is 1.47 bits per heavy atom. The van der Waals surface area contributed by atoms with Crippen molar-refractivity contribution in [3.63, 3.8) is 0 Å². The summed E-state index contributed by atoms with van der Waals surface area (Å²) in [5.74, 6) is 0.654. The van der Waals surface area contributed by atoms with E-state index in [1.165, 1.54) is 0 Å². The van der Waals surface area contributed by atoms with Gasteiger partial charge in [-0.1, -0.05) is 11.6 Å². The Balaban J connectivity index is 2.43. The molecule has 0 amide bonds. The maximum absolute atomic E-state index is 6.15. The van der Waals surface area contributed by atoms with Gasteiger partial charge in [0.1, 0.15) is 11.8 Å². The van der Waals surface area contributed by atoms with Gasteiger partial charge in [0, 0.05) is 6.04 Å². The Bertz CT molecular complexity index is 521. The first-order valence-corrected chi connectivity index (χ1v) is 6.41. The van der Waals surface area contributed by atoms with E-state index in [0.717, 1.165) is 5.69 Å². The van der Waals surface area contributed by atoms with E-state index in [9.17, 15) is 0 Å². The summed E-state index contributed by atoms with van der Waals surface area (Å²) in [7, 11) is 0. The van der Waals surface area contributed by atoms with Crippen molar-refractivity contribution in [2.45, 2.75) is 25.9 Å². The lowest BCUT2D eigenvalue weighted by atomic mass is 10.1. The van der Waals surface area contributed by atoms with Crippen molar-refractivity contribution >= 4 is 27.5 Å². The van der Waals surface area contributed by atoms with E-state index in [4.69, 9.17) is 21.8 Å². The monoisotopic (exact) mass is 317 g/mol. The average molecular weight is 319 g/mol. The maximum Gasteiger partial charge on any atom is 0.169 e. The topological polar surface area (TPSA) is 57.0 Å². The van der Waals surface area contributed by atoms with Crippen LogP contribution in [0, 0.1) is 0 Å². The fraction of sp³-hybridized carbons (Fsp3) is 0.364. The van der Waals surface area contributed by atoms with Crippen molar-refractivity contribution in [1.29, 1.82) is 0 Å². The van der Waals surface area contributed by atoms with Gasteiger partial charge in [-0.3, -0.25) is 4.68 Å². The van der Waals surface area contributed by atoms with Crippen LogP contribution in [-0.2, 0) is 0 Å². The standard InChI is InChI=1S/C11H13BrClN3O/c1-6(2)16-11(7(13)5-15-16)10(14)8-3-4-9(12)17-8/h3-6,10H,14H2,1-2H3. The van der Waals surface area contributed by atoms with E-state index in [-0.39, 0.29) is 6.04 Å². The fourth-order valence-corrected chi connectivity index (χ4v) is 2.25. The van der Waals surface area contributed by atoms with Crippen LogP contribution in [0.3, 0.4) is 0 Å². The van der Waals surface area contributed by atoms with Crippen LogP contribution in [0.5, 0.6) is 0 Å². The molecule has 1 atom stereocenters. The highest BCUT2D eigenvalue weighted by atomic mass is 79.9. The molecule has 2 aromatic rings. The molecule has 4 nitrogen and oxygen atoms in total. The molecular weight excluding hydrogens is 305 g/mol. The molecule has 0 aliphatic carbocycles. The summed E-state index contributed by atoms with van der Waals surface area (Å²) in [6.45, 7) is 4.05. The van der Waals surface area contributed by atoms with Crippen LogP contribution in [0.2, 0.25) is 5.02 Å². The first kappa shape index (κ1) is 12.7. The maximum atomic E-state index is 6.15. The molecule has 0 aromatic carbocycles. The third kappa shape index (κ3) is 2.41. The molecule has 0 saturated heterocycles. The lowest BCUT2D eigenvalue weighted by Gasteiger charge is -2.15. The molecule has 0 saturated carbocycles. The minimum absolute atomic E-state index is 0.196. The predicted octanol–water partition coefficient (Wildman–Crippen LogP) is 3.52. The lowest BCUT2D eigenvalue weighted by molar-refractivity contribution is 0.441. The Hall–Kier alpha value is -0.780. The molecule has 2 aromatic heterocycles. The number of halogens is 2. The third-order valence-corrected chi connectivity index (χ3v) is 3.19. The van der Waals surface area contributed by atoms with Crippen LogP contribution in [0.4, 0.5) is 0 Å². The number of nitrogens with two attached hydrogens (primary N) is 1. The number of rotatable bonds is 3. The van der Waals surface area contributed by atoms with Crippen molar-refractivity contribution < 1.29 is 4.42 Å². The molecule has 6 heteroatoms. The van der Waals surface area contributed by atoms with Gasteiger partial charge in [-0.25, -0.2) is 0 Å². The van der Waals surface area contributed by atoms with Crippen molar-refractivity contribution in [2.75, 3.05) is 0 Å². The van der Waals surface area contributed by atoms with Crippen LogP contribution in [0.1, 0.15) is 37.4 Å². The van der Waals surface area contributed by atoms with Crippen molar-refractivity contribution in [3.05, 3.63) is 39.5 Å². The summed E-state index contributed by atoms with van der Waals surface area (Å²) >= 11 is 9.38. The Morgan fingerprint density at radius 2 is 2.18 bits per heavy atom. The normalized spacial score (nSPS) is 13.3. The number of furan rings is 1. The lowest BCUT2D eigenvalue weighted by Crippen LogP contribution is -2.18. The van der Waals surface area contributed by atoms with Crippen LogP contribution in [0.25, 0.3) is 0 Å². The Morgan fingerprint density at radius 3 is 2.71 bits per heavy atom. The van der Waals surface area contributed by atoms with E-state index in [2.05, 4.69) is 21.0 Å². The van der Waals surface area contributed by atoms with Gasteiger partial charge in [0.2, 0.25) is 0 Å². The number of hydrogen-bond acceptors (Lipinski definition) is 3. The second kappa shape index (κ2) is 4.84. The highest BCUT2D eigenvalue weighted by molar-refractivity contribution is 9.10. The quantitative estimate of drug-likeness (QED) is 0.942. The van der Waals surface area contributed by atoms with Gasteiger partial charge < -0.3 is 10.2 Å². The molecule has 2 heterocycles. The van der Waals surface area contributed by atoms with Gasteiger partial charge in [0.05, 0.1) is 16.9 Å². The van der Waals surface area contributed by atoms with Gasteiger partial charge in [-0.2, -0.15) is 5.10 Å². The number of hydrogen-bond donors (Lipinski definition) is 1. The Kier molecular flexibility index (Phi) is 3.61. The van der Waals surface area contributed by atoms with Crippen LogP contribution in [0.15, 0.2) is 27.4 Å². The van der Waals surface area contributed by atoms with Crippen molar-refractivity contribution in [3.8, 4) is 0 Å². The summed E-state index contributed by atoms with van der Waals surface area (Å²) in [6.07, 6.45) is 1.61. The Labute approximate surface area is 113 Å². The fourth-order valence-electron chi connectivity index (χ4n) is 1.68. The molecular formula is C11H13BrClN3O. The second-order valence-corrected chi connectivity index (χ2v) is 5.22. The molecule has 17 heavy (non-hydrogen) atoms. The van der Waals surface area contributed by atoms with Crippen molar-refractivity contribution in [2.24, 2.45) is 5.73 Å². The zero-order valence-electron chi connectivity index (χ0n) is 9.52. The average Bonchev–Trinajstić information content (AvgIpc) is 2.83. The summed E-state index contributed by atoms with van der Waals surface area (Å²) in [5.41, 5.74) is 6.92. The molecule has 0 radical (unpaired) electrons. The minimum Gasteiger partial charge on any atom is -0.452 e. The van der Waals surface area contributed by atoms with E-state index in [1.54, 1.807) is 12.3 Å². The highest BCUT2D eigenvalue weighted by Crippen LogP contribution is 2.30. The molecule has 92 valence electrons. The molecule has 0 aliphatic heterocycles. The number of nitrogens with zero attached hydrogens (tertiary/aromatic N) is 2. The van der Waals surface area contributed by atoms with E-state index >= 15 is 0 Å². The van der Waals surface area contributed by atoms with Crippen LogP contribution >= 0.6 is 27.5 Å². The SMILES string of the molecule is CC(C)n1ncc(Cl)c1C(N)c1ccc(Br)o1. The first-order chi connectivity index (χ1) is 8.00. The summed E-state index contributed by atoms with van der Waals surface area (Å²) in [5, 5.41) is 4.77. The van der Waals surface area contributed by atoms with Crippen LogP contribution < -0.4 is 5.73 Å². The molecule has 0 bridgehead atoms. The summed E-state index contributed by atoms with van der Waals surface area (Å²) in [6, 6.07) is 3.41. The molecule has 0 spiro atoms. The largest absolute Gasteiger partial charge is 0.452 e. The molecule has 2 N–H and O–H groups in total. The highest BCUT2D eigenvalue weighted by Gasteiger charge is 2.22. The summed E-state index contributed by atoms with van der Waals surface area (Å²) in [4.78, 5) is 0. The zero-order chi connectivity index (χ0) is 12.6. The first-order valence-electron chi connectivity index (χ1n) is 5.24. The summed E-state index contributed by atoms with van der Waals surface area (Å²) < 4.78 is 7.91. The van der Waals surface area contributed by atoms with Gasteiger partial charge in [-0.05, 0) is 41.9 Å². The predicted molar refractivity (Wildman–Crippen MR) is 70.1 cm³/mol. The van der Waals surface area contributed by atoms with Gasteiger partial charge in [-0.15, -0.1) is 0 Å². The minimum atomic E-state index is -0.418. The second-order valence-electron chi connectivity index (χ2n) is 4.04. The van der Waals surface area contributed by atoms with Gasteiger partial charge in [0.15, 0.2) is 4.67 Å². The molecule has 0 aliphatic rings. The van der Waals surface area contributed by atoms with Gasteiger partial charge >= 0.3 is 0 Å². The van der Waals surface area contributed by atoms with E-state index in [1.807, 2.05) is 24.6 Å². The molecule has 0 fully saturated rings. The molecule has 2 rings (SSSR count). The van der Waals surface area contributed by atoms with Crippen LogP contribution in [-0.4, -0.2) is 9.78 Å². The van der Waals surface area contributed by atoms with Gasteiger partial charge in [0.25, 0.3) is 0 Å². The van der Waals surface area contributed by atoms with Crippen molar-refractivity contribution in [1.82, 2.24) is 9.78 Å². The smallest absolute Gasteiger partial charge is 0.169 e. The number of aromatic nitrogens is 2. The third-order valence-electron chi connectivity index (χ3n) is 2.47. The van der Waals surface area contributed by atoms with E-state index < -0.39 is 6.04 Å². The zero-order valence-corrected chi connectivity index (χ0v) is 11.9. The molecule has 1 unspecified atom stereocenters.